The summed E-state index contributed by atoms with van der Waals surface area (Å²) >= 11 is 0. The molecule has 10 nitrogen and oxygen atoms in total. The van der Waals surface area contributed by atoms with Gasteiger partial charge in [0.2, 0.25) is 5.91 Å². The molecule has 2 saturated heterocycles. The summed E-state index contributed by atoms with van der Waals surface area (Å²) in [6, 6.07) is 5.22. The third-order valence-corrected chi connectivity index (χ3v) is 8.40. The number of carbonyl (C=O) groups excluding carboxylic acids is 2. The Balaban J connectivity index is 1.46. The third-order valence-electron chi connectivity index (χ3n) is 6.61. The van der Waals surface area contributed by atoms with E-state index in [0.29, 0.717) is 44.0 Å². The Morgan fingerprint density at radius 2 is 1.85 bits per heavy atom. The number of fused-ring (bicyclic) bond motifs is 1. The van der Waals surface area contributed by atoms with E-state index >= 15 is 0 Å². The SMILES string of the molecule is CC(=O)N1c2ccc(-c3cnn(C4CS(=O)(=O)C4)c3)cc2N(C(=O)OC2CCOCC2)CC1C. The van der Waals surface area contributed by atoms with Crippen molar-refractivity contribution in [1.82, 2.24) is 9.78 Å². The van der Waals surface area contributed by atoms with Gasteiger partial charge in [-0.1, -0.05) is 6.07 Å². The lowest BCUT2D eigenvalue weighted by molar-refractivity contribution is -0.117. The van der Waals surface area contributed by atoms with Gasteiger partial charge in [0.25, 0.3) is 0 Å². The number of carbonyl (C=O) groups is 2. The van der Waals surface area contributed by atoms with Gasteiger partial charge in [-0.2, -0.15) is 5.10 Å². The van der Waals surface area contributed by atoms with Gasteiger partial charge in [-0.3, -0.25) is 14.4 Å². The molecule has 0 radical (unpaired) electrons. The standard InChI is InChI=1S/C23H28N4O6S/c1-15-11-25(23(29)33-20-5-7-32-8-6-20)22-9-17(3-4-21(22)27(15)16(2)28)18-10-24-26(12-18)19-13-34(30,31)14-19/h3-4,9-10,12,15,19-20H,5-8,11,13-14H2,1-2H3. The number of hydrogen-bond donors (Lipinski definition) is 0. The van der Waals surface area contributed by atoms with Gasteiger partial charge >= 0.3 is 6.09 Å². The third kappa shape index (κ3) is 4.29. The molecule has 5 rings (SSSR count). The normalized spacial score (nSPS) is 22.7. The Morgan fingerprint density at radius 3 is 2.53 bits per heavy atom. The molecule has 11 heteroatoms. The molecule has 0 saturated carbocycles. The first-order valence-electron chi connectivity index (χ1n) is 11.5. The van der Waals surface area contributed by atoms with Crippen molar-refractivity contribution in [3.05, 3.63) is 30.6 Å². The highest BCUT2D eigenvalue weighted by molar-refractivity contribution is 7.92. The Bertz CT molecular complexity index is 1210. The van der Waals surface area contributed by atoms with Gasteiger partial charge < -0.3 is 14.4 Å². The molecular formula is C23H28N4O6S. The number of sulfone groups is 1. The molecule has 182 valence electrons. The van der Waals surface area contributed by atoms with Crippen LogP contribution >= 0.6 is 0 Å². The van der Waals surface area contributed by atoms with Crippen LogP contribution in [0, 0.1) is 0 Å². The Hall–Kier alpha value is -2.92. The fraction of sp³-hybridized carbons (Fsp3) is 0.522. The molecule has 0 N–H and O–H groups in total. The number of rotatable bonds is 3. The average Bonchev–Trinajstić information content (AvgIpc) is 3.27. The van der Waals surface area contributed by atoms with Crippen LogP contribution in [0.25, 0.3) is 11.1 Å². The summed E-state index contributed by atoms with van der Waals surface area (Å²) in [4.78, 5) is 28.9. The molecule has 3 aliphatic heterocycles. The quantitative estimate of drug-likeness (QED) is 0.652. The molecule has 2 fully saturated rings. The Kier molecular flexibility index (Phi) is 5.85. The van der Waals surface area contributed by atoms with Crippen molar-refractivity contribution in [2.75, 3.05) is 41.1 Å². The molecule has 0 spiro atoms. The lowest BCUT2D eigenvalue weighted by Gasteiger charge is -2.41. The van der Waals surface area contributed by atoms with Crippen molar-refractivity contribution in [3.8, 4) is 11.1 Å². The Labute approximate surface area is 198 Å². The minimum Gasteiger partial charge on any atom is -0.446 e. The Morgan fingerprint density at radius 1 is 1.12 bits per heavy atom. The summed E-state index contributed by atoms with van der Waals surface area (Å²) in [7, 11) is -2.96. The smallest absolute Gasteiger partial charge is 0.414 e. The van der Waals surface area contributed by atoms with Crippen LogP contribution in [0.15, 0.2) is 30.6 Å². The van der Waals surface area contributed by atoms with Crippen molar-refractivity contribution in [1.29, 1.82) is 0 Å². The maximum atomic E-state index is 13.2. The highest BCUT2D eigenvalue weighted by atomic mass is 32.2. The average molecular weight is 489 g/mol. The summed E-state index contributed by atoms with van der Waals surface area (Å²) in [5.74, 6) is 0.0866. The van der Waals surface area contributed by atoms with Gasteiger partial charge in [0.1, 0.15) is 6.10 Å². The molecule has 4 heterocycles. The monoisotopic (exact) mass is 488 g/mol. The molecule has 34 heavy (non-hydrogen) atoms. The van der Waals surface area contributed by atoms with Crippen LogP contribution in [0.2, 0.25) is 0 Å². The molecule has 0 bridgehead atoms. The van der Waals surface area contributed by atoms with Crippen LogP contribution in [0.5, 0.6) is 0 Å². The molecule has 1 aromatic heterocycles. The second kappa shape index (κ2) is 8.70. The minimum atomic E-state index is -2.96. The minimum absolute atomic E-state index is 0.0929. The van der Waals surface area contributed by atoms with Crippen molar-refractivity contribution >= 4 is 33.2 Å². The highest BCUT2D eigenvalue weighted by Crippen LogP contribution is 2.39. The molecule has 2 amide bonds. The zero-order chi connectivity index (χ0) is 24.0. The number of hydrogen-bond acceptors (Lipinski definition) is 7. The number of anilines is 2. The number of ether oxygens (including phenoxy) is 2. The van der Waals surface area contributed by atoms with Gasteiger partial charge in [0, 0.05) is 38.1 Å². The van der Waals surface area contributed by atoms with Gasteiger partial charge in [-0.05, 0) is 24.6 Å². The summed E-state index contributed by atoms with van der Waals surface area (Å²) in [6.07, 6.45) is 4.21. The van der Waals surface area contributed by atoms with E-state index in [2.05, 4.69) is 5.10 Å². The number of amides is 2. The molecule has 3 aliphatic rings. The largest absolute Gasteiger partial charge is 0.446 e. The predicted molar refractivity (Wildman–Crippen MR) is 126 cm³/mol. The van der Waals surface area contributed by atoms with E-state index < -0.39 is 15.9 Å². The van der Waals surface area contributed by atoms with E-state index in [0.717, 1.165) is 11.1 Å². The summed E-state index contributed by atoms with van der Waals surface area (Å²) in [6.45, 7) is 4.88. The molecule has 1 atom stereocenters. The first-order valence-corrected chi connectivity index (χ1v) is 13.3. The maximum absolute atomic E-state index is 13.2. The van der Waals surface area contributed by atoms with Gasteiger partial charge in [0.05, 0.1) is 54.4 Å². The fourth-order valence-corrected chi connectivity index (χ4v) is 6.21. The fourth-order valence-electron chi connectivity index (χ4n) is 4.83. The molecule has 2 aromatic rings. The van der Waals surface area contributed by atoms with Crippen LogP contribution in [0.1, 0.15) is 32.7 Å². The number of aromatic nitrogens is 2. The summed E-state index contributed by atoms with van der Waals surface area (Å²) in [5, 5.41) is 4.35. The van der Waals surface area contributed by atoms with E-state index in [1.165, 1.54) is 6.92 Å². The number of nitrogens with zero attached hydrogens (tertiary/aromatic N) is 4. The van der Waals surface area contributed by atoms with E-state index in [9.17, 15) is 18.0 Å². The maximum Gasteiger partial charge on any atom is 0.414 e. The van der Waals surface area contributed by atoms with Crippen LogP contribution in [-0.2, 0) is 24.1 Å². The van der Waals surface area contributed by atoms with Gasteiger partial charge in [-0.25, -0.2) is 13.2 Å². The molecule has 1 unspecified atom stereocenters. The van der Waals surface area contributed by atoms with Gasteiger partial charge in [-0.15, -0.1) is 0 Å². The van der Waals surface area contributed by atoms with Crippen molar-refractivity contribution < 1.29 is 27.5 Å². The predicted octanol–water partition coefficient (Wildman–Crippen LogP) is 2.40. The topological polar surface area (TPSA) is 111 Å². The van der Waals surface area contributed by atoms with Crippen LogP contribution < -0.4 is 9.80 Å². The summed E-state index contributed by atoms with van der Waals surface area (Å²) in [5.41, 5.74) is 2.87. The van der Waals surface area contributed by atoms with Crippen LogP contribution in [-0.4, -0.2) is 73.6 Å². The van der Waals surface area contributed by atoms with Crippen molar-refractivity contribution in [2.45, 2.75) is 44.9 Å². The van der Waals surface area contributed by atoms with Crippen LogP contribution in [0.3, 0.4) is 0 Å². The molecular weight excluding hydrogens is 460 g/mol. The van der Waals surface area contributed by atoms with E-state index in [4.69, 9.17) is 9.47 Å². The highest BCUT2D eigenvalue weighted by Gasteiger charge is 2.37. The second-order valence-corrected chi connectivity index (χ2v) is 11.3. The zero-order valence-corrected chi connectivity index (χ0v) is 20.0. The summed E-state index contributed by atoms with van der Waals surface area (Å²) < 4.78 is 35.9. The first kappa shape index (κ1) is 22.9. The van der Waals surface area contributed by atoms with Gasteiger partial charge in [0.15, 0.2) is 9.84 Å². The second-order valence-electron chi connectivity index (χ2n) is 9.19. The number of benzene rings is 1. The van der Waals surface area contributed by atoms with E-state index in [1.54, 1.807) is 20.7 Å². The van der Waals surface area contributed by atoms with Crippen molar-refractivity contribution in [2.24, 2.45) is 0 Å². The zero-order valence-electron chi connectivity index (χ0n) is 19.2. The van der Waals surface area contributed by atoms with E-state index in [-0.39, 0.29) is 35.6 Å². The van der Waals surface area contributed by atoms with E-state index in [1.807, 2.05) is 31.3 Å². The van der Waals surface area contributed by atoms with Crippen LogP contribution in [0.4, 0.5) is 16.2 Å². The molecule has 1 aromatic carbocycles. The first-order chi connectivity index (χ1) is 16.2. The van der Waals surface area contributed by atoms with Crippen molar-refractivity contribution in [3.63, 3.8) is 0 Å². The lowest BCUT2D eigenvalue weighted by atomic mass is 10.0. The molecule has 0 aliphatic carbocycles. The lowest BCUT2D eigenvalue weighted by Crippen LogP contribution is -2.52.